The van der Waals surface area contributed by atoms with Gasteiger partial charge in [-0.1, -0.05) is 6.07 Å². The molecule has 0 atom stereocenters. The van der Waals surface area contributed by atoms with E-state index in [9.17, 15) is 13.2 Å². The van der Waals surface area contributed by atoms with Crippen LogP contribution >= 0.6 is 0 Å². The van der Waals surface area contributed by atoms with Crippen LogP contribution in [0.1, 0.15) is 12.1 Å². The normalized spacial score (nSPS) is 12.2. The molecule has 1 aromatic rings. The Hall–Kier alpha value is -1.99. The molecular weight excluding hydrogens is 283 g/mol. The minimum absolute atomic E-state index is 0.214. The quantitative estimate of drug-likeness (QED) is 0.643. The van der Waals surface area contributed by atoms with Crippen molar-refractivity contribution in [2.45, 2.75) is 19.1 Å². The highest BCUT2D eigenvalue weighted by atomic mass is 19.4. The molecule has 1 heterocycles. The molecule has 0 saturated carbocycles. The fraction of sp³-hybridized carbons (Fsp3) is 0.538. The van der Waals surface area contributed by atoms with Crippen LogP contribution in [0.5, 0.6) is 0 Å². The summed E-state index contributed by atoms with van der Waals surface area (Å²) in [5.74, 6) is 1.13. The van der Waals surface area contributed by atoms with Crippen LogP contribution in [0.3, 0.4) is 0 Å². The monoisotopic (exact) mass is 303 g/mol. The first-order valence-electron chi connectivity index (χ1n) is 6.46. The second-order valence-electron chi connectivity index (χ2n) is 4.60. The zero-order valence-corrected chi connectivity index (χ0v) is 12.3. The molecule has 0 unspecified atom stereocenters. The topological polar surface area (TPSA) is 52.6 Å². The van der Waals surface area contributed by atoms with Crippen molar-refractivity contribution in [3.05, 3.63) is 23.9 Å². The van der Waals surface area contributed by atoms with E-state index in [0.717, 1.165) is 11.5 Å². The van der Waals surface area contributed by atoms with Crippen LogP contribution in [0.4, 0.5) is 19.0 Å². The number of aromatic nitrogens is 1. The predicted octanol–water partition coefficient (Wildman–Crippen LogP) is 1.76. The first-order chi connectivity index (χ1) is 9.81. The number of nitrogens with zero attached hydrogens (tertiary/aromatic N) is 3. The minimum Gasteiger partial charge on any atom is -0.363 e. The van der Waals surface area contributed by atoms with E-state index in [2.05, 4.69) is 20.6 Å². The van der Waals surface area contributed by atoms with E-state index in [0.29, 0.717) is 12.5 Å². The lowest BCUT2D eigenvalue weighted by Crippen LogP contribution is -2.38. The van der Waals surface area contributed by atoms with E-state index < -0.39 is 12.6 Å². The lowest BCUT2D eigenvalue weighted by atomic mass is 10.3. The van der Waals surface area contributed by atoms with Crippen LogP contribution in [0.25, 0.3) is 0 Å². The van der Waals surface area contributed by atoms with Gasteiger partial charge in [-0.3, -0.25) is 4.99 Å². The lowest BCUT2D eigenvalue weighted by molar-refractivity contribution is -0.132. The van der Waals surface area contributed by atoms with Crippen molar-refractivity contribution >= 4 is 11.8 Å². The SMILES string of the molecule is CN=C(NCCC(F)(F)F)NCc1cccc(N(C)C)n1. The highest BCUT2D eigenvalue weighted by Crippen LogP contribution is 2.18. The van der Waals surface area contributed by atoms with Crippen molar-refractivity contribution in [3.8, 4) is 0 Å². The van der Waals surface area contributed by atoms with Gasteiger partial charge in [0.2, 0.25) is 0 Å². The molecule has 1 rings (SSSR count). The maximum atomic E-state index is 12.1. The number of nitrogens with one attached hydrogen (secondary N) is 2. The molecule has 0 aliphatic carbocycles. The van der Waals surface area contributed by atoms with Gasteiger partial charge in [0.25, 0.3) is 0 Å². The van der Waals surface area contributed by atoms with Gasteiger partial charge in [-0.25, -0.2) is 4.98 Å². The van der Waals surface area contributed by atoms with Crippen molar-refractivity contribution in [2.75, 3.05) is 32.6 Å². The first-order valence-corrected chi connectivity index (χ1v) is 6.46. The van der Waals surface area contributed by atoms with Crippen LogP contribution in [0.2, 0.25) is 0 Å². The molecule has 0 amide bonds. The van der Waals surface area contributed by atoms with Crippen molar-refractivity contribution in [1.29, 1.82) is 0 Å². The molecule has 118 valence electrons. The Bertz CT molecular complexity index is 471. The van der Waals surface area contributed by atoms with Crippen LogP contribution in [0.15, 0.2) is 23.2 Å². The van der Waals surface area contributed by atoms with E-state index >= 15 is 0 Å². The number of hydrogen-bond donors (Lipinski definition) is 2. The van der Waals surface area contributed by atoms with Crippen molar-refractivity contribution < 1.29 is 13.2 Å². The molecule has 0 bridgehead atoms. The number of hydrogen-bond acceptors (Lipinski definition) is 3. The van der Waals surface area contributed by atoms with Gasteiger partial charge < -0.3 is 15.5 Å². The van der Waals surface area contributed by atoms with E-state index in [-0.39, 0.29) is 6.54 Å². The average molecular weight is 303 g/mol. The molecule has 0 radical (unpaired) electrons. The van der Waals surface area contributed by atoms with Crippen LogP contribution in [0, 0.1) is 0 Å². The van der Waals surface area contributed by atoms with E-state index in [1.54, 1.807) is 0 Å². The third kappa shape index (κ3) is 6.82. The third-order valence-corrected chi connectivity index (χ3v) is 2.61. The Labute approximate surface area is 122 Å². The number of aliphatic imine (C=N–C) groups is 1. The number of halogens is 3. The Morgan fingerprint density at radius 1 is 1.29 bits per heavy atom. The Morgan fingerprint density at radius 3 is 2.57 bits per heavy atom. The fourth-order valence-corrected chi connectivity index (χ4v) is 1.53. The Balaban J connectivity index is 2.47. The summed E-state index contributed by atoms with van der Waals surface area (Å²) >= 11 is 0. The maximum Gasteiger partial charge on any atom is 0.390 e. The summed E-state index contributed by atoms with van der Waals surface area (Å²) in [5, 5.41) is 5.54. The Kier molecular flexibility index (Phi) is 6.26. The molecule has 0 fully saturated rings. The standard InChI is InChI=1S/C13H20F3N5/c1-17-12(18-8-7-13(14,15)16)19-9-10-5-4-6-11(20-10)21(2)3/h4-6H,7-9H2,1-3H3,(H2,17,18,19). The molecule has 8 heteroatoms. The summed E-state index contributed by atoms with van der Waals surface area (Å²) in [6.07, 6.45) is -5.07. The molecule has 1 aromatic heterocycles. The third-order valence-electron chi connectivity index (χ3n) is 2.61. The highest BCUT2D eigenvalue weighted by molar-refractivity contribution is 5.79. The number of rotatable bonds is 5. The van der Waals surface area contributed by atoms with Crippen molar-refractivity contribution in [1.82, 2.24) is 15.6 Å². The second kappa shape index (κ2) is 7.70. The Morgan fingerprint density at radius 2 is 2.00 bits per heavy atom. The van der Waals surface area contributed by atoms with Gasteiger partial charge in [0.1, 0.15) is 5.82 Å². The average Bonchev–Trinajstić information content (AvgIpc) is 2.41. The van der Waals surface area contributed by atoms with Gasteiger partial charge in [-0.2, -0.15) is 13.2 Å². The second-order valence-corrected chi connectivity index (χ2v) is 4.60. The molecular formula is C13H20F3N5. The summed E-state index contributed by atoms with van der Waals surface area (Å²) in [5.41, 5.74) is 0.778. The van der Waals surface area contributed by atoms with Gasteiger partial charge in [-0.15, -0.1) is 0 Å². The predicted molar refractivity (Wildman–Crippen MR) is 77.4 cm³/mol. The molecule has 0 spiro atoms. The van der Waals surface area contributed by atoms with Crippen LogP contribution < -0.4 is 15.5 Å². The van der Waals surface area contributed by atoms with Crippen LogP contribution in [-0.2, 0) is 6.54 Å². The summed E-state index contributed by atoms with van der Waals surface area (Å²) < 4.78 is 36.2. The summed E-state index contributed by atoms with van der Waals surface area (Å²) in [6.45, 7) is 0.168. The summed E-state index contributed by atoms with van der Waals surface area (Å²) in [7, 11) is 5.28. The van der Waals surface area contributed by atoms with Gasteiger partial charge in [0, 0.05) is 27.7 Å². The number of pyridine rings is 1. The van der Waals surface area contributed by atoms with Crippen molar-refractivity contribution in [2.24, 2.45) is 4.99 Å². The molecule has 0 aromatic carbocycles. The van der Waals surface area contributed by atoms with Gasteiger partial charge in [0.05, 0.1) is 18.7 Å². The van der Waals surface area contributed by atoms with Crippen molar-refractivity contribution in [3.63, 3.8) is 0 Å². The van der Waals surface area contributed by atoms with Gasteiger partial charge >= 0.3 is 6.18 Å². The molecule has 21 heavy (non-hydrogen) atoms. The number of anilines is 1. The minimum atomic E-state index is -4.17. The smallest absolute Gasteiger partial charge is 0.363 e. The van der Waals surface area contributed by atoms with E-state index in [4.69, 9.17) is 0 Å². The largest absolute Gasteiger partial charge is 0.390 e. The fourth-order valence-electron chi connectivity index (χ4n) is 1.53. The zero-order valence-electron chi connectivity index (χ0n) is 12.3. The van der Waals surface area contributed by atoms with E-state index in [1.807, 2.05) is 37.2 Å². The number of alkyl halides is 3. The zero-order chi connectivity index (χ0) is 15.9. The van der Waals surface area contributed by atoms with Crippen LogP contribution in [-0.4, -0.2) is 44.8 Å². The summed E-state index contributed by atoms with van der Waals surface area (Å²) in [6, 6.07) is 5.59. The number of guanidine groups is 1. The summed E-state index contributed by atoms with van der Waals surface area (Å²) in [4.78, 5) is 10.1. The maximum absolute atomic E-state index is 12.1. The first kappa shape index (κ1) is 17.1. The molecule has 0 aliphatic rings. The lowest BCUT2D eigenvalue weighted by Gasteiger charge is -2.14. The molecule has 5 nitrogen and oxygen atoms in total. The molecule has 0 aliphatic heterocycles. The molecule has 2 N–H and O–H groups in total. The van der Waals surface area contributed by atoms with E-state index in [1.165, 1.54) is 7.05 Å². The molecule has 0 saturated heterocycles. The van der Waals surface area contributed by atoms with Gasteiger partial charge in [-0.05, 0) is 12.1 Å². The van der Waals surface area contributed by atoms with Gasteiger partial charge in [0.15, 0.2) is 5.96 Å². The highest BCUT2D eigenvalue weighted by Gasteiger charge is 2.26.